The molecule has 3 rings (SSSR count). The number of urea groups is 1. The van der Waals surface area contributed by atoms with Crippen LogP contribution in [0, 0.1) is 11.7 Å². The lowest BCUT2D eigenvalue weighted by atomic mass is 9.89. The van der Waals surface area contributed by atoms with Crippen molar-refractivity contribution in [2.75, 3.05) is 18.5 Å². The Morgan fingerprint density at radius 1 is 1.17 bits per heavy atom. The summed E-state index contributed by atoms with van der Waals surface area (Å²) in [6.45, 7) is 0.387. The number of rotatable bonds is 7. The topological polar surface area (TPSA) is 99.7 Å². The van der Waals surface area contributed by atoms with Crippen molar-refractivity contribution in [3.8, 4) is 0 Å². The molecule has 1 saturated carbocycles. The van der Waals surface area contributed by atoms with Crippen LogP contribution in [0.5, 0.6) is 0 Å². The van der Waals surface area contributed by atoms with Gasteiger partial charge < -0.3 is 25.8 Å². The third kappa shape index (κ3) is 6.81. The van der Waals surface area contributed by atoms with E-state index < -0.39 is 30.1 Å². The minimum atomic E-state index is -0.676. The number of benzene rings is 1. The monoisotopic (exact) mass is 419 g/mol. The first kappa shape index (κ1) is 22.2. The number of carbonyl (C=O) groups is 2. The van der Waals surface area contributed by atoms with Gasteiger partial charge in [-0.3, -0.25) is 4.79 Å². The van der Waals surface area contributed by atoms with Crippen molar-refractivity contribution in [2.45, 2.75) is 56.8 Å². The lowest BCUT2D eigenvalue weighted by molar-refractivity contribution is -0.125. The Morgan fingerprint density at radius 3 is 2.70 bits per heavy atom. The van der Waals surface area contributed by atoms with E-state index in [0.29, 0.717) is 18.2 Å². The first-order valence-corrected chi connectivity index (χ1v) is 10.6. The molecule has 1 aliphatic heterocycles. The van der Waals surface area contributed by atoms with E-state index in [-0.39, 0.29) is 18.9 Å². The summed E-state index contributed by atoms with van der Waals surface area (Å²) in [7, 11) is 0. The molecule has 4 N–H and O–H groups in total. The number of amides is 3. The number of hydrogen-bond donors (Lipinski definition) is 4. The number of ether oxygens (including phenoxy) is 1. The Hall–Kier alpha value is -2.45. The molecule has 0 spiro atoms. The molecule has 30 heavy (non-hydrogen) atoms. The first-order chi connectivity index (χ1) is 14.5. The van der Waals surface area contributed by atoms with Crippen LogP contribution in [0.4, 0.5) is 14.9 Å². The van der Waals surface area contributed by atoms with Crippen LogP contribution >= 0.6 is 0 Å². The third-order valence-corrected chi connectivity index (χ3v) is 5.54. The fraction of sp³-hybridized carbons (Fsp3) is 0.545. The van der Waals surface area contributed by atoms with Gasteiger partial charge in [0.2, 0.25) is 5.91 Å². The molecule has 1 fully saturated rings. The SMILES string of the molecule is O=C(C[C@@H]1C=C[C@H](NC(=O)Nc2cccc(F)c2)[C@@H](CO)O1)NCC1CCCCC1. The average Bonchev–Trinajstić information content (AvgIpc) is 2.74. The molecule has 1 heterocycles. The summed E-state index contributed by atoms with van der Waals surface area (Å²) in [5, 5.41) is 17.9. The minimum absolute atomic E-state index is 0.0813. The summed E-state index contributed by atoms with van der Waals surface area (Å²) >= 11 is 0. The second-order valence-corrected chi connectivity index (χ2v) is 7.93. The van der Waals surface area contributed by atoms with Crippen LogP contribution in [-0.4, -0.2) is 48.4 Å². The van der Waals surface area contributed by atoms with E-state index in [0.717, 1.165) is 12.8 Å². The summed E-state index contributed by atoms with van der Waals surface area (Å²) in [5.74, 6) is 0.0228. The number of aliphatic hydroxyl groups excluding tert-OH is 1. The van der Waals surface area contributed by atoms with Crippen molar-refractivity contribution in [3.63, 3.8) is 0 Å². The molecule has 0 bridgehead atoms. The summed E-state index contributed by atoms with van der Waals surface area (Å²) in [6, 6.07) is 4.45. The van der Waals surface area contributed by atoms with Gasteiger partial charge >= 0.3 is 6.03 Å². The van der Waals surface area contributed by atoms with Crippen LogP contribution in [0.2, 0.25) is 0 Å². The molecule has 2 aliphatic rings. The lowest BCUT2D eigenvalue weighted by Crippen LogP contribution is -2.50. The van der Waals surface area contributed by atoms with Crippen molar-refractivity contribution >= 4 is 17.6 Å². The van der Waals surface area contributed by atoms with Gasteiger partial charge in [0.15, 0.2) is 0 Å². The molecule has 0 saturated heterocycles. The molecule has 0 unspecified atom stereocenters. The zero-order chi connectivity index (χ0) is 21.3. The fourth-order valence-electron chi connectivity index (χ4n) is 3.93. The first-order valence-electron chi connectivity index (χ1n) is 10.6. The van der Waals surface area contributed by atoms with Crippen LogP contribution in [0.25, 0.3) is 0 Å². The summed E-state index contributed by atoms with van der Waals surface area (Å²) in [6.07, 6.45) is 8.54. The van der Waals surface area contributed by atoms with Crippen LogP contribution in [-0.2, 0) is 9.53 Å². The molecule has 3 atom stereocenters. The van der Waals surface area contributed by atoms with Crippen LogP contribution in [0.15, 0.2) is 36.4 Å². The molecule has 1 aromatic carbocycles. The van der Waals surface area contributed by atoms with Crippen molar-refractivity contribution in [3.05, 3.63) is 42.2 Å². The highest BCUT2D eigenvalue weighted by atomic mass is 19.1. The van der Waals surface area contributed by atoms with Gasteiger partial charge in [-0.2, -0.15) is 0 Å². The molecule has 0 radical (unpaired) electrons. The van der Waals surface area contributed by atoms with Crippen molar-refractivity contribution < 1.29 is 23.8 Å². The van der Waals surface area contributed by atoms with Gasteiger partial charge in [0, 0.05) is 12.2 Å². The normalized spacial score (nSPS) is 24.3. The standard InChI is InChI=1S/C22H30FN3O4/c23-16-7-4-8-17(11-16)25-22(29)26-19-10-9-18(30-20(19)14-27)12-21(28)24-13-15-5-2-1-3-6-15/h4,7-11,15,18-20,27H,1-3,5-6,12-14H2,(H,24,28)(H2,25,26,29)/t18-,19-,20+/m0/s1. The number of aliphatic hydroxyl groups is 1. The molecular formula is C22H30FN3O4. The number of hydrogen-bond acceptors (Lipinski definition) is 4. The van der Waals surface area contributed by atoms with Crippen molar-refractivity contribution in [2.24, 2.45) is 5.92 Å². The molecule has 1 aromatic rings. The van der Waals surface area contributed by atoms with Crippen molar-refractivity contribution in [1.29, 1.82) is 0 Å². The lowest BCUT2D eigenvalue weighted by Gasteiger charge is -2.31. The molecule has 8 heteroatoms. The van der Waals surface area contributed by atoms with E-state index >= 15 is 0 Å². The number of nitrogens with one attached hydrogen (secondary N) is 3. The minimum Gasteiger partial charge on any atom is -0.394 e. The predicted octanol–water partition coefficient (Wildman–Crippen LogP) is 2.72. The Kier molecular flexibility index (Phi) is 8.21. The van der Waals surface area contributed by atoms with E-state index in [1.54, 1.807) is 18.2 Å². The fourth-order valence-corrected chi connectivity index (χ4v) is 3.93. The quantitative estimate of drug-likeness (QED) is 0.511. The van der Waals surface area contributed by atoms with Gasteiger partial charge in [0.25, 0.3) is 0 Å². The Bertz CT molecular complexity index is 752. The van der Waals surface area contributed by atoms with Gasteiger partial charge in [-0.15, -0.1) is 0 Å². The van der Waals surface area contributed by atoms with Crippen LogP contribution in [0.3, 0.4) is 0 Å². The molecule has 1 aliphatic carbocycles. The van der Waals surface area contributed by atoms with Crippen LogP contribution in [0.1, 0.15) is 38.5 Å². The van der Waals surface area contributed by atoms with E-state index in [1.807, 2.05) is 0 Å². The number of carbonyl (C=O) groups excluding carboxylic acids is 2. The number of anilines is 1. The maximum atomic E-state index is 13.2. The second-order valence-electron chi connectivity index (χ2n) is 7.93. The Labute approximate surface area is 176 Å². The zero-order valence-electron chi connectivity index (χ0n) is 17.0. The van der Waals surface area contributed by atoms with Gasteiger partial charge in [-0.25, -0.2) is 9.18 Å². The van der Waals surface area contributed by atoms with Gasteiger partial charge in [-0.1, -0.05) is 37.5 Å². The van der Waals surface area contributed by atoms with E-state index in [2.05, 4.69) is 16.0 Å². The highest BCUT2D eigenvalue weighted by molar-refractivity contribution is 5.89. The molecular weight excluding hydrogens is 389 g/mol. The zero-order valence-corrected chi connectivity index (χ0v) is 17.0. The molecule has 7 nitrogen and oxygen atoms in total. The van der Waals surface area contributed by atoms with Gasteiger partial charge in [0.1, 0.15) is 11.9 Å². The van der Waals surface area contributed by atoms with E-state index in [4.69, 9.17) is 4.74 Å². The second kappa shape index (κ2) is 11.1. The summed E-state index contributed by atoms with van der Waals surface area (Å²) in [5.41, 5.74) is 0.321. The Balaban J connectivity index is 1.46. The van der Waals surface area contributed by atoms with E-state index in [1.165, 1.54) is 37.5 Å². The van der Waals surface area contributed by atoms with Crippen molar-refractivity contribution in [1.82, 2.24) is 10.6 Å². The maximum Gasteiger partial charge on any atom is 0.319 e. The molecule has 3 amide bonds. The smallest absolute Gasteiger partial charge is 0.319 e. The van der Waals surface area contributed by atoms with Crippen LogP contribution < -0.4 is 16.0 Å². The summed E-state index contributed by atoms with van der Waals surface area (Å²) in [4.78, 5) is 24.4. The van der Waals surface area contributed by atoms with Gasteiger partial charge in [-0.05, 0) is 37.0 Å². The predicted molar refractivity (Wildman–Crippen MR) is 111 cm³/mol. The largest absolute Gasteiger partial charge is 0.394 e. The molecule has 164 valence electrons. The summed E-state index contributed by atoms with van der Waals surface area (Å²) < 4.78 is 19.0. The molecule has 0 aromatic heterocycles. The number of halogens is 1. The third-order valence-electron chi connectivity index (χ3n) is 5.54. The Morgan fingerprint density at radius 2 is 1.97 bits per heavy atom. The highest BCUT2D eigenvalue weighted by Gasteiger charge is 2.29. The highest BCUT2D eigenvalue weighted by Crippen LogP contribution is 2.23. The maximum absolute atomic E-state index is 13.2. The van der Waals surface area contributed by atoms with E-state index in [9.17, 15) is 19.1 Å². The average molecular weight is 419 g/mol. The van der Waals surface area contributed by atoms with Gasteiger partial charge in [0.05, 0.1) is 25.2 Å².